The Kier molecular flexibility index (Phi) is 9.16. The van der Waals surface area contributed by atoms with Gasteiger partial charge in [-0.15, -0.1) is 13.2 Å². The number of allylic oxidation sites excluding steroid dienone is 4. The Balaban J connectivity index is 1.75. The number of halogens is 4. The van der Waals surface area contributed by atoms with Gasteiger partial charge in [-0.3, -0.25) is 19.1 Å². The van der Waals surface area contributed by atoms with Crippen molar-refractivity contribution in [2.75, 3.05) is 13.1 Å². The molecule has 0 spiro atoms. The van der Waals surface area contributed by atoms with E-state index in [-0.39, 0.29) is 37.1 Å². The zero-order valence-electron chi connectivity index (χ0n) is 21.5. The molecule has 2 unspecified atom stereocenters. The highest BCUT2D eigenvalue weighted by molar-refractivity contribution is 6.31. The van der Waals surface area contributed by atoms with Crippen molar-refractivity contribution in [3.05, 3.63) is 34.5 Å². The second-order valence-electron chi connectivity index (χ2n) is 10.3. The van der Waals surface area contributed by atoms with E-state index in [4.69, 9.17) is 11.6 Å². The summed E-state index contributed by atoms with van der Waals surface area (Å²) in [4.78, 5) is 38.5. The summed E-state index contributed by atoms with van der Waals surface area (Å²) in [5.74, 6) is -0.741. The van der Waals surface area contributed by atoms with E-state index in [1.165, 1.54) is 13.8 Å². The van der Waals surface area contributed by atoms with Gasteiger partial charge in [0.2, 0.25) is 17.7 Å². The molecule has 0 saturated carbocycles. The monoisotopic (exact) mass is 545 g/mol. The number of nitrogens with one attached hydrogen (secondary N) is 2. The maximum absolute atomic E-state index is 13.3. The lowest BCUT2D eigenvalue weighted by Gasteiger charge is -2.50. The Bertz CT molecular complexity index is 1010. The molecular formula is C26H35ClF3N3O4. The normalized spacial score (nSPS) is 28.6. The van der Waals surface area contributed by atoms with Crippen LogP contribution in [0.2, 0.25) is 0 Å². The predicted molar refractivity (Wildman–Crippen MR) is 133 cm³/mol. The van der Waals surface area contributed by atoms with Gasteiger partial charge < -0.3 is 15.5 Å². The Morgan fingerprint density at radius 3 is 2.51 bits per heavy atom. The van der Waals surface area contributed by atoms with Crippen LogP contribution in [0.15, 0.2) is 34.5 Å². The van der Waals surface area contributed by atoms with Crippen molar-refractivity contribution in [3.63, 3.8) is 0 Å². The average Bonchev–Trinajstić information content (AvgIpc) is 2.79. The van der Waals surface area contributed by atoms with Crippen molar-refractivity contribution >= 4 is 29.3 Å². The number of ether oxygens (including phenoxy) is 1. The summed E-state index contributed by atoms with van der Waals surface area (Å²) >= 11 is 6.62. The topological polar surface area (TPSA) is 87.7 Å². The van der Waals surface area contributed by atoms with Gasteiger partial charge in [-0.05, 0) is 63.5 Å². The molecule has 0 aromatic rings. The molecule has 7 nitrogen and oxygen atoms in total. The van der Waals surface area contributed by atoms with Gasteiger partial charge in [-0.1, -0.05) is 30.7 Å². The molecule has 2 N–H and O–H groups in total. The lowest BCUT2D eigenvalue weighted by Crippen LogP contribution is -2.52. The third kappa shape index (κ3) is 6.96. The van der Waals surface area contributed by atoms with Gasteiger partial charge in [0.05, 0.1) is 5.60 Å². The van der Waals surface area contributed by atoms with Crippen LogP contribution in [-0.4, -0.2) is 53.7 Å². The fourth-order valence-electron chi connectivity index (χ4n) is 5.48. The van der Waals surface area contributed by atoms with Crippen molar-refractivity contribution in [1.82, 2.24) is 15.5 Å². The standard InChI is InChI=1S/C26H35ClF3N3O4/c1-17(34)31-14-11-22(35)33-15-7-4-8-21(33)23(36)32-18-9-10-19(20(27)16-18)24(2)12-5-6-13-25(24,3)37-26(28,29)30/h5-6,16,21H,4,7-15H2,1-3H3,(H,31,34)(H,32,36)/t21?,24-,25?/m0/s1. The number of piperidine rings is 1. The van der Waals surface area contributed by atoms with Gasteiger partial charge in [0.25, 0.3) is 0 Å². The first-order chi connectivity index (χ1) is 17.3. The fourth-order valence-corrected chi connectivity index (χ4v) is 5.92. The maximum atomic E-state index is 13.3. The number of carbonyl (C=O) groups is 3. The van der Waals surface area contributed by atoms with Crippen LogP contribution < -0.4 is 10.6 Å². The molecule has 1 aliphatic heterocycles. The smallest absolute Gasteiger partial charge is 0.356 e. The third-order valence-electron chi connectivity index (χ3n) is 7.73. The van der Waals surface area contributed by atoms with E-state index in [1.54, 1.807) is 24.0 Å². The number of alkyl halides is 3. The van der Waals surface area contributed by atoms with Crippen molar-refractivity contribution in [2.45, 2.75) is 90.1 Å². The SMILES string of the molecule is CC(=O)NCCC(=O)N1CCCCC1C(=O)NC1=CC(Cl)=C([C@]2(C)CC=CCC2(C)OC(F)(F)F)CC1. The quantitative estimate of drug-likeness (QED) is 0.449. The molecule has 2 aliphatic carbocycles. The molecule has 0 bridgehead atoms. The van der Waals surface area contributed by atoms with Crippen LogP contribution in [0.1, 0.15) is 72.1 Å². The second-order valence-corrected chi connectivity index (χ2v) is 10.7. The molecule has 206 valence electrons. The van der Waals surface area contributed by atoms with E-state index in [1.807, 2.05) is 6.08 Å². The van der Waals surface area contributed by atoms with E-state index in [2.05, 4.69) is 15.4 Å². The lowest BCUT2D eigenvalue weighted by molar-refractivity contribution is -0.378. The minimum atomic E-state index is -4.79. The van der Waals surface area contributed by atoms with E-state index in [0.29, 0.717) is 48.5 Å². The first kappa shape index (κ1) is 29.2. The highest BCUT2D eigenvalue weighted by Crippen LogP contribution is 2.54. The molecule has 0 aromatic heterocycles. The highest BCUT2D eigenvalue weighted by Gasteiger charge is 2.54. The van der Waals surface area contributed by atoms with Gasteiger partial charge in [0, 0.05) is 42.6 Å². The zero-order chi connectivity index (χ0) is 27.4. The van der Waals surface area contributed by atoms with Crippen molar-refractivity contribution in [2.24, 2.45) is 5.41 Å². The van der Waals surface area contributed by atoms with Crippen LogP contribution in [0.25, 0.3) is 0 Å². The predicted octanol–water partition coefficient (Wildman–Crippen LogP) is 4.83. The number of likely N-dealkylation sites (tertiary alicyclic amines) is 1. The summed E-state index contributed by atoms with van der Waals surface area (Å²) in [7, 11) is 0. The van der Waals surface area contributed by atoms with Crippen LogP contribution in [0, 0.1) is 5.41 Å². The van der Waals surface area contributed by atoms with E-state index in [9.17, 15) is 27.6 Å². The molecule has 3 atom stereocenters. The molecule has 1 heterocycles. The molecule has 1 fully saturated rings. The lowest BCUT2D eigenvalue weighted by atomic mass is 9.61. The first-order valence-corrected chi connectivity index (χ1v) is 13.0. The van der Waals surface area contributed by atoms with Gasteiger partial charge in [0.1, 0.15) is 6.04 Å². The molecule has 0 radical (unpaired) electrons. The van der Waals surface area contributed by atoms with Crippen LogP contribution in [0.5, 0.6) is 0 Å². The summed E-state index contributed by atoms with van der Waals surface area (Å²) in [6.07, 6.45) is 3.79. The van der Waals surface area contributed by atoms with Crippen LogP contribution in [0.3, 0.4) is 0 Å². The molecular weight excluding hydrogens is 511 g/mol. The first-order valence-electron chi connectivity index (χ1n) is 12.6. The van der Waals surface area contributed by atoms with Crippen LogP contribution in [-0.2, 0) is 19.1 Å². The fraction of sp³-hybridized carbons (Fsp3) is 0.654. The number of nitrogens with zero attached hydrogens (tertiary/aromatic N) is 1. The van der Waals surface area contributed by atoms with Crippen LogP contribution >= 0.6 is 11.6 Å². The zero-order valence-corrected chi connectivity index (χ0v) is 22.2. The Labute approximate surface area is 220 Å². The molecule has 11 heteroatoms. The van der Waals surface area contributed by atoms with Crippen LogP contribution in [0.4, 0.5) is 13.2 Å². The Hall–Kier alpha value is -2.33. The van der Waals surface area contributed by atoms with Gasteiger partial charge in [0.15, 0.2) is 0 Å². The number of amides is 3. The van der Waals surface area contributed by atoms with E-state index < -0.39 is 23.4 Å². The van der Waals surface area contributed by atoms with Crippen molar-refractivity contribution in [3.8, 4) is 0 Å². The largest absolute Gasteiger partial charge is 0.523 e. The van der Waals surface area contributed by atoms with E-state index in [0.717, 1.165) is 12.8 Å². The van der Waals surface area contributed by atoms with Gasteiger partial charge in [-0.2, -0.15) is 0 Å². The summed E-state index contributed by atoms with van der Waals surface area (Å²) < 4.78 is 44.4. The molecule has 37 heavy (non-hydrogen) atoms. The number of rotatable bonds is 7. The number of hydrogen-bond acceptors (Lipinski definition) is 4. The summed E-state index contributed by atoms with van der Waals surface area (Å²) in [5.41, 5.74) is -1.29. The number of hydrogen-bond donors (Lipinski definition) is 2. The minimum absolute atomic E-state index is 0.0947. The summed E-state index contributed by atoms with van der Waals surface area (Å²) in [5, 5.41) is 5.77. The summed E-state index contributed by atoms with van der Waals surface area (Å²) in [6.45, 7) is 5.25. The maximum Gasteiger partial charge on any atom is 0.523 e. The van der Waals surface area contributed by atoms with Crippen molar-refractivity contribution < 1.29 is 32.3 Å². The Morgan fingerprint density at radius 2 is 1.86 bits per heavy atom. The molecule has 0 aromatic carbocycles. The molecule has 3 amide bonds. The van der Waals surface area contributed by atoms with Gasteiger partial charge >= 0.3 is 6.36 Å². The van der Waals surface area contributed by atoms with Gasteiger partial charge in [-0.25, -0.2) is 0 Å². The van der Waals surface area contributed by atoms with Crippen molar-refractivity contribution in [1.29, 1.82) is 0 Å². The molecule has 3 rings (SSSR count). The Morgan fingerprint density at radius 1 is 1.16 bits per heavy atom. The second kappa shape index (κ2) is 11.6. The molecule has 1 saturated heterocycles. The third-order valence-corrected chi connectivity index (χ3v) is 8.07. The average molecular weight is 546 g/mol. The molecule has 3 aliphatic rings. The summed E-state index contributed by atoms with van der Waals surface area (Å²) in [6, 6.07) is -0.631. The minimum Gasteiger partial charge on any atom is -0.356 e. The highest BCUT2D eigenvalue weighted by atomic mass is 35.5. The number of carbonyl (C=O) groups excluding carboxylic acids is 3. The van der Waals surface area contributed by atoms with E-state index >= 15 is 0 Å².